The third-order valence-electron chi connectivity index (χ3n) is 3.32. The fourth-order valence-electron chi connectivity index (χ4n) is 2.16. The van der Waals surface area contributed by atoms with Gasteiger partial charge in [-0.15, -0.1) is 0 Å². The molecule has 2 fully saturated rings. The summed E-state index contributed by atoms with van der Waals surface area (Å²) < 4.78 is 5.12. The molecule has 1 amide bonds. The van der Waals surface area contributed by atoms with Crippen LogP contribution in [0, 0.1) is 0 Å². The third-order valence-corrected chi connectivity index (χ3v) is 3.32. The van der Waals surface area contributed by atoms with Gasteiger partial charge in [0.15, 0.2) is 0 Å². The highest BCUT2D eigenvalue weighted by Crippen LogP contribution is 2.20. The summed E-state index contributed by atoms with van der Waals surface area (Å²) in [6, 6.07) is 8.54. The van der Waals surface area contributed by atoms with Crippen LogP contribution in [-0.4, -0.2) is 44.8 Å². The fourth-order valence-corrected chi connectivity index (χ4v) is 2.16. The van der Waals surface area contributed by atoms with E-state index in [1.165, 1.54) is 0 Å². The molecule has 2 saturated heterocycles. The van der Waals surface area contributed by atoms with E-state index in [0.29, 0.717) is 19.2 Å². The maximum absolute atomic E-state index is 11.7. The van der Waals surface area contributed by atoms with Gasteiger partial charge in [-0.3, -0.25) is 4.79 Å². The summed E-state index contributed by atoms with van der Waals surface area (Å²) in [5.74, 6) is 0.0325. The Bertz CT molecular complexity index is 428. The van der Waals surface area contributed by atoms with Crippen molar-refractivity contribution in [3.8, 4) is 0 Å². The molecule has 5 nitrogen and oxygen atoms in total. The Labute approximate surface area is 106 Å². The van der Waals surface area contributed by atoms with Crippen LogP contribution in [0.25, 0.3) is 0 Å². The van der Waals surface area contributed by atoms with Gasteiger partial charge in [0.2, 0.25) is 0 Å². The summed E-state index contributed by atoms with van der Waals surface area (Å²) in [5.41, 5.74) is 2.05. The van der Waals surface area contributed by atoms with Gasteiger partial charge in [-0.25, -0.2) is 0 Å². The normalized spacial score (nSPS) is 20.7. The second-order valence-corrected chi connectivity index (χ2v) is 4.64. The highest BCUT2D eigenvalue weighted by molar-refractivity contribution is 5.94. The highest BCUT2D eigenvalue weighted by atomic mass is 16.5. The summed E-state index contributed by atoms with van der Waals surface area (Å²) in [6.45, 7) is 3.47. The molecule has 0 unspecified atom stereocenters. The Morgan fingerprint density at radius 2 is 2.06 bits per heavy atom. The predicted molar refractivity (Wildman–Crippen MR) is 69.9 cm³/mol. The first-order chi connectivity index (χ1) is 8.83. The van der Waals surface area contributed by atoms with Crippen molar-refractivity contribution in [2.75, 3.05) is 43.1 Å². The van der Waals surface area contributed by atoms with E-state index in [0.717, 1.165) is 24.5 Å². The Morgan fingerprint density at radius 1 is 1.28 bits per heavy atom. The smallest absolute Gasteiger partial charge is 0.253 e. The summed E-state index contributed by atoms with van der Waals surface area (Å²) in [4.78, 5) is 13.5. The summed E-state index contributed by atoms with van der Waals surface area (Å²) in [6.07, 6.45) is 0. The monoisotopic (exact) mass is 247 g/mol. The second kappa shape index (κ2) is 4.96. The molecule has 5 heteroatoms. The lowest BCUT2D eigenvalue weighted by atomic mass is 10.1. The van der Waals surface area contributed by atoms with Crippen molar-refractivity contribution in [3.63, 3.8) is 0 Å². The summed E-state index contributed by atoms with van der Waals surface area (Å²) >= 11 is 0. The number of anilines is 2. The van der Waals surface area contributed by atoms with Crippen LogP contribution in [-0.2, 0) is 9.53 Å². The minimum absolute atomic E-state index is 0.0325. The number of carbonyl (C=O) groups is 1. The molecule has 0 radical (unpaired) electrons. The number of morpholine rings is 1. The van der Waals surface area contributed by atoms with E-state index < -0.39 is 0 Å². The second-order valence-electron chi connectivity index (χ2n) is 4.64. The van der Waals surface area contributed by atoms with Gasteiger partial charge in [-0.1, -0.05) is 0 Å². The van der Waals surface area contributed by atoms with E-state index in [4.69, 9.17) is 4.74 Å². The van der Waals surface area contributed by atoms with Crippen LogP contribution >= 0.6 is 0 Å². The lowest BCUT2D eigenvalue weighted by molar-refractivity contribution is -0.125. The average molecular weight is 247 g/mol. The molecule has 0 spiro atoms. The van der Waals surface area contributed by atoms with Crippen LogP contribution in [0.1, 0.15) is 0 Å². The van der Waals surface area contributed by atoms with Crippen LogP contribution in [0.5, 0.6) is 0 Å². The van der Waals surface area contributed by atoms with Crippen molar-refractivity contribution < 1.29 is 9.53 Å². The number of nitrogens with one attached hydrogen (secondary N) is 2. The quantitative estimate of drug-likeness (QED) is 0.813. The topological polar surface area (TPSA) is 53.6 Å². The minimum atomic E-state index is 0.0325. The molecule has 0 bridgehead atoms. The number of nitrogens with zero attached hydrogens (tertiary/aromatic N) is 1. The number of ether oxygens (including phenoxy) is 1. The van der Waals surface area contributed by atoms with Crippen molar-refractivity contribution in [1.29, 1.82) is 0 Å². The third kappa shape index (κ3) is 2.32. The maximum Gasteiger partial charge on any atom is 0.253 e. The molecule has 96 valence electrons. The predicted octanol–water partition coefficient (Wildman–Crippen LogP) is 0.433. The zero-order valence-corrected chi connectivity index (χ0v) is 10.2. The Morgan fingerprint density at radius 3 is 2.67 bits per heavy atom. The molecule has 2 heterocycles. The molecule has 1 aromatic rings. The van der Waals surface area contributed by atoms with Gasteiger partial charge in [0.05, 0.1) is 12.6 Å². The lowest BCUT2D eigenvalue weighted by Crippen LogP contribution is -2.51. The zero-order valence-electron chi connectivity index (χ0n) is 10.2. The van der Waals surface area contributed by atoms with Crippen molar-refractivity contribution in [1.82, 2.24) is 5.32 Å². The van der Waals surface area contributed by atoms with E-state index in [1.54, 1.807) is 4.90 Å². The first-order valence-corrected chi connectivity index (χ1v) is 6.28. The van der Waals surface area contributed by atoms with Crippen LogP contribution < -0.4 is 15.5 Å². The molecule has 0 aromatic heterocycles. The lowest BCUT2D eigenvalue weighted by Gasteiger charge is -2.30. The van der Waals surface area contributed by atoms with Gasteiger partial charge in [0.25, 0.3) is 5.91 Å². The number of hydrogen-bond donors (Lipinski definition) is 2. The Balaban J connectivity index is 1.67. The summed E-state index contributed by atoms with van der Waals surface area (Å²) in [5, 5.41) is 6.65. The number of carbonyl (C=O) groups excluding carboxylic acids is 1. The van der Waals surface area contributed by atoms with E-state index in [1.807, 2.05) is 24.3 Å². The Hall–Kier alpha value is -1.59. The van der Waals surface area contributed by atoms with Gasteiger partial charge in [0, 0.05) is 31.0 Å². The molecule has 0 aliphatic carbocycles. The van der Waals surface area contributed by atoms with E-state index >= 15 is 0 Å². The van der Waals surface area contributed by atoms with Crippen LogP contribution in [0.15, 0.2) is 24.3 Å². The zero-order chi connectivity index (χ0) is 12.4. The van der Waals surface area contributed by atoms with Gasteiger partial charge in [-0.2, -0.15) is 0 Å². The molecule has 0 saturated carbocycles. The number of amides is 1. The van der Waals surface area contributed by atoms with Gasteiger partial charge in [-0.05, 0) is 24.3 Å². The summed E-state index contributed by atoms with van der Waals surface area (Å²) in [7, 11) is 0. The largest absolute Gasteiger partial charge is 0.380 e. The van der Waals surface area contributed by atoms with Gasteiger partial charge in [0.1, 0.15) is 6.61 Å². The Kier molecular flexibility index (Phi) is 3.17. The number of benzene rings is 1. The molecule has 0 atom stereocenters. The van der Waals surface area contributed by atoms with Crippen molar-refractivity contribution in [2.45, 2.75) is 6.04 Å². The van der Waals surface area contributed by atoms with Gasteiger partial charge >= 0.3 is 0 Å². The first-order valence-electron chi connectivity index (χ1n) is 6.28. The van der Waals surface area contributed by atoms with Crippen LogP contribution in [0.4, 0.5) is 11.4 Å². The van der Waals surface area contributed by atoms with Crippen molar-refractivity contribution in [2.24, 2.45) is 0 Å². The molecular formula is C13H17N3O2. The molecule has 2 N–H and O–H groups in total. The minimum Gasteiger partial charge on any atom is -0.380 e. The SMILES string of the molecule is O=C1COCCN1c1ccc(NC2CNC2)cc1. The van der Waals surface area contributed by atoms with Crippen LogP contribution in [0.2, 0.25) is 0 Å². The van der Waals surface area contributed by atoms with Crippen molar-refractivity contribution in [3.05, 3.63) is 24.3 Å². The van der Waals surface area contributed by atoms with Gasteiger partial charge < -0.3 is 20.3 Å². The number of rotatable bonds is 3. The fraction of sp³-hybridized carbons (Fsp3) is 0.462. The molecule has 3 rings (SSSR count). The van der Waals surface area contributed by atoms with E-state index in [-0.39, 0.29) is 12.5 Å². The van der Waals surface area contributed by atoms with Crippen molar-refractivity contribution >= 4 is 17.3 Å². The van der Waals surface area contributed by atoms with E-state index in [9.17, 15) is 4.79 Å². The molecule has 18 heavy (non-hydrogen) atoms. The van der Waals surface area contributed by atoms with Crippen LogP contribution in [0.3, 0.4) is 0 Å². The standard InChI is InChI=1S/C13H17N3O2/c17-13-9-18-6-5-16(13)12-3-1-10(2-4-12)15-11-7-14-8-11/h1-4,11,14-15H,5-9H2. The maximum atomic E-state index is 11.7. The average Bonchev–Trinajstić information content (AvgIpc) is 2.35. The molecule has 2 aliphatic rings. The molecule has 1 aromatic carbocycles. The number of hydrogen-bond acceptors (Lipinski definition) is 4. The molecular weight excluding hydrogens is 230 g/mol. The highest BCUT2D eigenvalue weighted by Gasteiger charge is 2.20. The van der Waals surface area contributed by atoms with E-state index in [2.05, 4.69) is 10.6 Å². The first kappa shape index (κ1) is 11.5. The molecule has 2 aliphatic heterocycles.